The molecule has 2 rings (SSSR count). The second-order valence-electron chi connectivity index (χ2n) is 5.03. The third-order valence-electron chi connectivity index (χ3n) is 3.43. The van der Waals surface area contributed by atoms with Gasteiger partial charge in [0.2, 0.25) is 0 Å². The lowest BCUT2D eigenvalue weighted by atomic mass is 10.2. The first-order chi connectivity index (χ1) is 10.8. The van der Waals surface area contributed by atoms with Gasteiger partial charge in [-0.15, -0.1) is 0 Å². The molecule has 0 radical (unpaired) electrons. The fourth-order valence-electron chi connectivity index (χ4n) is 2.23. The third kappa shape index (κ3) is 5.06. The molecule has 118 valence electrons. The highest BCUT2D eigenvalue weighted by Crippen LogP contribution is 2.27. The van der Waals surface area contributed by atoms with Crippen molar-refractivity contribution in [3.05, 3.63) is 59.7 Å². The largest absolute Gasteiger partial charge is 0.493 e. The van der Waals surface area contributed by atoms with Crippen LogP contribution in [0.2, 0.25) is 0 Å². The molecular weight excluding hydrogens is 276 g/mol. The van der Waals surface area contributed by atoms with Crippen molar-refractivity contribution in [2.75, 3.05) is 27.3 Å². The van der Waals surface area contributed by atoms with E-state index in [-0.39, 0.29) is 0 Å². The molecule has 0 amide bonds. The maximum Gasteiger partial charge on any atom is 0.161 e. The fourth-order valence-corrected chi connectivity index (χ4v) is 2.23. The van der Waals surface area contributed by atoms with E-state index in [2.05, 4.69) is 34.9 Å². The van der Waals surface area contributed by atoms with E-state index in [1.807, 2.05) is 24.3 Å². The lowest BCUT2D eigenvalue weighted by Crippen LogP contribution is -2.26. The summed E-state index contributed by atoms with van der Waals surface area (Å²) in [7, 11) is 3.30. The van der Waals surface area contributed by atoms with Crippen LogP contribution in [-0.2, 0) is 13.1 Å². The third-order valence-corrected chi connectivity index (χ3v) is 3.43. The first-order valence-electron chi connectivity index (χ1n) is 7.49. The van der Waals surface area contributed by atoms with Gasteiger partial charge in [0, 0.05) is 26.2 Å². The molecule has 0 spiro atoms. The second-order valence-corrected chi connectivity index (χ2v) is 5.03. The minimum atomic E-state index is 0.760. The Morgan fingerprint density at radius 3 is 2.00 bits per heavy atom. The summed E-state index contributed by atoms with van der Waals surface area (Å²) in [5.74, 6) is 1.53. The van der Waals surface area contributed by atoms with Crippen LogP contribution < -0.4 is 20.1 Å². The zero-order valence-corrected chi connectivity index (χ0v) is 13.3. The zero-order chi connectivity index (χ0) is 15.6. The molecule has 0 aliphatic rings. The minimum absolute atomic E-state index is 0.760. The summed E-state index contributed by atoms with van der Waals surface area (Å²) in [4.78, 5) is 0. The van der Waals surface area contributed by atoms with Gasteiger partial charge < -0.3 is 20.1 Å². The van der Waals surface area contributed by atoms with Gasteiger partial charge in [-0.3, -0.25) is 0 Å². The Hall–Kier alpha value is -2.04. The second kappa shape index (κ2) is 9.07. The van der Waals surface area contributed by atoms with E-state index in [9.17, 15) is 0 Å². The highest BCUT2D eigenvalue weighted by atomic mass is 16.5. The normalized spacial score (nSPS) is 10.5. The SMILES string of the molecule is COc1ccc(CNCCNCc2ccccc2)cc1OC. The first kappa shape index (κ1) is 16.3. The van der Waals surface area contributed by atoms with Gasteiger partial charge >= 0.3 is 0 Å². The Labute approximate surface area is 132 Å². The molecule has 0 aliphatic heterocycles. The van der Waals surface area contributed by atoms with Gasteiger partial charge in [0.15, 0.2) is 11.5 Å². The van der Waals surface area contributed by atoms with Gasteiger partial charge in [0.25, 0.3) is 0 Å². The summed E-state index contributed by atoms with van der Waals surface area (Å²) in [6, 6.07) is 16.4. The van der Waals surface area contributed by atoms with Gasteiger partial charge in [-0.1, -0.05) is 36.4 Å². The summed E-state index contributed by atoms with van der Waals surface area (Å²) < 4.78 is 10.5. The summed E-state index contributed by atoms with van der Waals surface area (Å²) in [6.07, 6.45) is 0. The van der Waals surface area contributed by atoms with Gasteiger partial charge in [0.05, 0.1) is 14.2 Å². The van der Waals surface area contributed by atoms with Crippen LogP contribution in [0.25, 0.3) is 0 Å². The van der Waals surface area contributed by atoms with Gasteiger partial charge in [0.1, 0.15) is 0 Å². The Morgan fingerprint density at radius 1 is 0.727 bits per heavy atom. The van der Waals surface area contributed by atoms with Crippen LogP contribution in [0.15, 0.2) is 48.5 Å². The van der Waals surface area contributed by atoms with Gasteiger partial charge in [-0.05, 0) is 23.3 Å². The zero-order valence-electron chi connectivity index (χ0n) is 13.3. The Balaban J connectivity index is 1.66. The lowest BCUT2D eigenvalue weighted by molar-refractivity contribution is 0.354. The van der Waals surface area contributed by atoms with Crippen molar-refractivity contribution in [3.8, 4) is 11.5 Å². The van der Waals surface area contributed by atoms with Crippen LogP contribution in [0.5, 0.6) is 11.5 Å². The monoisotopic (exact) mass is 300 g/mol. The predicted octanol–water partition coefficient (Wildman–Crippen LogP) is 2.58. The summed E-state index contributed by atoms with van der Waals surface area (Å²) in [5, 5.41) is 6.84. The molecule has 0 aromatic heterocycles. The molecule has 4 heteroatoms. The van der Waals surface area contributed by atoms with Crippen LogP contribution in [-0.4, -0.2) is 27.3 Å². The number of methoxy groups -OCH3 is 2. The maximum atomic E-state index is 5.31. The molecule has 0 atom stereocenters. The van der Waals surface area contributed by atoms with Crippen molar-refractivity contribution in [2.45, 2.75) is 13.1 Å². The number of benzene rings is 2. The molecule has 2 aromatic carbocycles. The highest BCUT2D eigenvalue weighted by Gasteiger charge is 2.03. The van der Waals surface area contributed by atoms with E-state index in [0.717, 1.165) is 37.7 Å². The molecule has 22 heavy (non-hydrogen) atoms. The lowest BCUT2D eigenvalue weighted by Gasteiger charge is -2.10. The maximum absolute atomic E-state index is 5.31. The topological polar surface area (TPSA) is 42.5 Å². The molecule has 2 aromatic rings. The van der Waals surface area contributed by atoms with Crippen molar-refractivity contribution < 1.29 is 9.47 Å². The van der Waals surface area contributed by atoms with Gasteiger partial charge in [-0.2, -0.15) is 0 Å². The predicted molar refractivity (Wildman–Crippen MR) is 89.4 cm³/mol. The minimum Gasteiger partial charge on any atom is -0.493 e. The molecule has 2 N–H and O–H groups in total. The van der Waals surface area contributed by atoms with Crippen LogP contribution in [0, 0.1) is 0 Å². The summed E-state index contributed by atoms with van der Waals surface area (Å²) in [5.41, 5.74) is 2.49. The van der Waals surface area contributed by atoms with Crippen molar-refractivity contribution in [1.82, 2.24) is 10.6 Å². The van der Waals surface area contributed by atoms with E-state index in [4.69, 9.17) is 9.47 Å². The van der Waals surface area contributed by atoms with E-state index in [1.54, 1.807) is 14.2 Å². The summed E-state index contributed by atoms with van der Waals surface area (Å²) >= 11 is 0. The number of hydrogen-bond donors (Lipinski definition) is 2. The van der Waals surface area contributed by atoms with Crippen LogP contribution in [0.3, 0.4) is 0 Å². The molecule has 0 bridgehead atoms. The fraction of sp³-hybridized carbons (Fsp3) is 0.333. The quantitative estimate of drug-likeness (QED) is 0.699. The molecule has 0 fully saturated rings. The van der Waals surface area contributed by atoms with Crippen molar-refractivity contribution in [1.29, 1.82) is 0 Å². The van der Waals surface area contributed by atoms with Crippen molar-refractivity contribution in [3.63, 3.8) is 0 Å². The van der Waals surface area contributed by atoms with Crippen LogP contribution in [0.1, 0.15) is 11.1 Å². The molecule has 0 unspecified atom stereocenters. The average molecular weight is 300 g/mol. The Bertz CT molecular complexity index is 558. The van der Waals surface area contributed by atoms with E-state index >= 15 is 0 Å². The highest BCUT2D eigenvalue weighted by molar-refractivity contribution is 5.42. The Kier molecular flexibility index (Phi) is 6.74. The Morgan fingerprint density at radius 2 is 1.36 bits per heavy atom. The van der Waals surface area contributed by atoms with E-state index in [0.29, 0.717) is 0 Å². The molecule has 0 heterocycles. The van der Waals surface area contributed by atoms with Gasteiger partial charge in [-0.25, -0.2) is 0 Å². The standard InChI is InChI=1S/C18H24N2O2/c1-21-17-9-8-16(12-18(17)22-2)14-20-11-10-19-13-15-6-4-3-5-7-15/h3-9,12,19-20H,10-11,13-14H2,1-2H3. The van der Waals surface area contributed by atoms with Crippen LogP contribution in [0.4, 0.5) is 0 Å². The number of rotatable bonds is 9. The van der Waals surface area contributed by atoms with Crippen LogP contribution >= 0.6 is 0 Å². The van der Waals surface area contributed by atoms with E-state index in [1.165, 1.54) is 11.1 Å². The number of ether oxygens (including phenoxy) is 2. The smallest absolute Gasteiger partial charge is 0.161 e. The molecule has 0 aliphatic carbocycles. The van der Waals surface area contributed by atoms with Crippen molar-refractivity contribution >= 4 is 0 Å². The first-order valence-corrected chi connectivity index (χ1v) is 7.49. The molecule has 4 nitrogen and oxygen atoms in total. The number of nitrogens with one attached hydrogen (secondary N) is 2. The summed E-state index contributed by atoms with van der Waals surface area (Å²) in [6.45, 7) is 3.57. The van der Waals surface area contributed by atoms with E-state index < -0.39 is 0 Å². The molecule has 0 saturated carbocycles. The molecule has 0 saturated heterocycles. The number of hydrogen-bond acceptors (Lipinski definition) is 4. The van der Waals surface area contributed by atoms with Crippen molar-refractivity contribution in [2.24, 2.45) is 0 Å². The molecular formula is C18H24N2O2. The average Bonchev–Trinajstić information content (AvgIpc) is 2.58.